The number of carbonyl (C=O) groups is 2. The summed E-state index contributed by atoms with van der Waals surface area (Å²) in [7, 11) is 3.43. The number of likely N-dealkylation sites (tertiary alicyclic amines) is 1. The molecule has 2 rings (SSSR count). The molecule has 1 aromatic carbocycles. The minimum Gasteiger partial charge on any atom is -0.490 e. The number of nitrogens with one attached hydrogen (secondary N) is 1. The van der Waals surface area contributed by atoms with Crippen LogP contribution in [0.1, 0.15) is 30.4 Å². The van der Waals surface area contributed by atoms with Gasteiger partial charge in [0.05, 0.1) is 0 Å². The first-order chi connectivity index (χ1) is 11.9. The molecule has 0 aliphatic carbocycles. The normalized spacial score (nSPS) is 15.0. The van der Waals surface area contributed by atoms with Gasteiger partial charge in [-0.25, -0.2) is 4.79 Å². The number of rotatable bonds is 5. The fourth-order valence-electron chi connectivity index (χ4n) is 2.94. The molecule has 1 aromatic rings. The zero-order valence-corrected chi connectivity index (χ0v) is 15.7. The summed E-state index contributed by atoms with van der Waals surface area (Å²) in [6.07, 6.45) is 2.10. The van der Waals surface area contributed by atoms with Crippen molar-refractivity contribution in [2.75, 3.05) is 33.7 Å². The largest absolute Gasteiger partial charge is 0.490 e. The number of benzene rings is 1. The molecule has 1 N–H and O–H groups in total. The Morgan fingerprint density at radius 1 is 1.20 bits per heavy atom. The summed E-state index contributed by atoms with van der Waals surface area (Å²) in [6, 6.07) is 6.04. The molecule has 6 heteroatoms. The van der Waals surface area contributed by atoms with Crippen LogP contribution in [0.15, 0.2) is 18.2 Å². The molecule has 0 radical (unpaired) electrons. The third-order valence-electron chi connectivity index (χ3n) is 4.54. The van der Waals surface area contributed by atoms with Gasteiger partial charge in [0, 0.05) is 53.0 Å². The van der Waals surface area contributed by atoms with Crippen molar-refractivity contribution in [3.63, 3.8) is 0 Å². The Labute approximate surface area is 150 Å². The molecule has 0 spiro atoms. The Morgan fingerprint density at radius 2 is 1.80 bits per heavy atom. The molecule has 0 unspecified atom stereocenters. The molecule has 0 aromatic heterocycles. The number of para-hydroxylation sites is 1. The first kappa shape index (κ1) is 19.1. The fraction of sp³-hybridized carbons (Fsp3) is 0.579. The molecular formula is C19H29N3O3. The first-order valence-electron chi connectivity index (χ1n) is 8.84. The summed E-state index contributed by atoms with van der Waals surface area (Å²) in [5.74, 6) is 0.980. The second-order valence-electron chi connectivity index (χ2n) is 6.80. The molecule has 0 atom stereocenters. The lowest BCUT2D eigenvalue weighted by Gasteiger charge is -2.32. The molecule has 1 fully saturated rings. The molecule has 138 valence electrons. The molecule has 6 nitrogen and oxygen atoms in total. The summed E-state index contributed by atoms with van der Waals surface area (Å²) < 4.78 is 6.18. The standard InChI is InChI=1S/C19H29N3O3/c1-14-6-5-7-15(2)18(14)25-16-9-12-22(13-10-16)19(24)20-11-8-17(23)21(3)4/h5-7,16H,8-13H2,1-4H3,(H,20,24). The second kappa shape index (κ2) is 8.74. The smallest absolute Gasteiger partial charge is 0.317 e. The van der Waals surface area contributed by atoms with E-state index in [-0.39, 0.29) is 18.0 Å². The van der Waals surface area contributed by atoms with Crippen molar-refractivity contribution in [3.05, 3.63) is 29.3 Å². The lowest BCUT2D eigenvalue weighted by molar-refractivity contribution is -0.128. The zero-order valence-electron chi connectivity index (χ0n) is 15.7. The predicted molar refractivity (Wildman–Crippen MR) is 97.8 cm³/mol. The average molecular weight is 347 g/mol. The monoisotopic (exact) mass is 347 g/mol. The quantitative estimate of drug-likeness (QED) is 0.889. The lowest BCUT2D eigenvalue weighted by Crippen LogP contribution is -2.47. The summed E-state index contributed by atoms with van der Waals surface area (Å²) in [5, 5.41) is 2.82. The zero-order chi connectivity index (χ0) is 18.4. The van der Waals surface area contributed by atoms with Crippen molar-refractivity contribution in [2.24, 2.45) is 0 Å². The number of hydrogen-bond acceptors (Lipinski definition) is 3. The number of piperidine rings is 1. The third kappa shape index (κ3) is 5.37. The van der Waals surface area contributed by atoms with Crippen molar-refractivity contribution in [1.82, 2.24) is 15.1 Å². The highest BCUT2D eigenvalue weighted by molar-refractivity contribution is 5.78. The van der Waals surface area contributed by atoms with Gasteiger partial charge in [-0.15, -0.1) is 0 Å². The van der Waals surface area contributed by atoms with Gasteiger partial charge in [-0.2, -0.15) is 0 Å². The summed E-state index contributed by atoms with van der Waals surface area (Å²) in [6.45, 7) is 5.82. The fourth-order valence-corrected chi connectivity index (χ4v) is 2.94. The molecular weight excluding hydrogens is 318 g/mol. The molecule has 1 heterocycles. The van der Waals surface area contributed by atoms with Crippen LogP contribution in [0.3, 0.4) is 0 Å². The SMILES string of the molecule is Cc1cccc(C)c1OC1CCN(C(=O)NCCC(=O)N(C)C)CC1. The van der Waals surface area contributed by atoms with Gasteiger partial charge in [-0.1, -0.05) is 18.2 Å². The van der Waals surface area contributed by atoms with Crippen LogP contribution in [0.5, 0.6) is 5.75 Å². The number of hydrogen-bond donors (Lipinski definition) is 1. The van der Waals surface area contributed by atoms with E-state index in [1.54, 1.807) is 19.0 Å². The van der Waals surface area contributed by atoms with Crippen LogP contribution in [-0.4, -0.2) is 61.6 Å². The number of ether oxygens (including phenoxy) is 1. The van der Waals surface area contributed by atoms with E-state index in [4.69, 9.17) is 4.74 Å². The minimum absolute atomic E-state index is 0.0148. The molecule has 3 amide bonds. The van der Waals surface area contributed by atoms with Gasteiger partial charge in [0.15, 0.2) is 0 Å². The molecule has 1 saturated heterocycles. The van der Waals surface area contributed by atoms with Gasteiger partial charge in [0.1, 0.15) is 11.9 Å². The molecule has 1 aliphatic heterocycles. The second-order valence-corrected chi connectivity index (χ2v) is 6.80. The van der Waals surface area contributed by atoms with E-state index in [0.29, 0.717) is 26.1 Å². The predicted octanol–water partition coefficient (Wildman–Crippen LogP) is 2.33. The lowest BCUT2D eigenvalue weighted by atomic mass is 10.1. The van der Waals surface area contributed by atoms with Crippen molar-refractivity contribution in [3.8, 4) is 5.75 Å². The van der Waals surface area contributed by atoms with Crippen LogP contribution in [0.4, 0.5) is 4.79 Å². The van der Waals surface area contributed by atoms with Gasteiger partial charge in [-0.05, 0) is 25.0 Å². The molecule has 25 heavy (non-hydrogen) atoms. The van der Waals surface area contributed by atoms with Crippen molar-refractivity contribution < 1.29 is 14.3 Å². The van der Waals surface area contributed by atoms with Crippen LogP contribution >= 0.6 is 0 Å². The highest BCUT2D eigenvalue weighted by Crippen LogP contribution is 2.26. The maximum atomic E-state index is 12.2. The van der Waals surface area contributed by atoms with Crippen molar-refractivity contribution in [1.29, 1.82) is 0 Å². The van der Waals surface area contributed by atoms with Crippen LogP contribution in [-0.2, 0) is 4.79 Å². The number of nitrogens with zero attached hydrogens (tertiary/aromatic N) is 2. The number of urea groups is 1. The van der Waals surface area contributed by atoms with E-state index in [1.165, 1.54) is 4.90 Å². The molecule has 0 saturated carbocycles. The summed E-state index contributed by atoms with van der Waals surface area (Å²) >= 11 is 0. The van der Waals surface area contributed by atoms with E-state index in [2.05, 4.69) is 31.3 Å². The average Bonchev–Trinajstić information content (AvgIpc) is 2.58. The van der Waals surface area contributed by atoms with E-state index >= 15 is 0 Å². The maximum Gasteiger partial charge on any atom is 0.317 e. The minimum atomic E-state index is -0.0999. The Hall–Kier alpha value is -2.24. The van der Waals surface area contributed by atoms with E-state index < -0.39 is 0 Å². The molecule has 1 aliphatic rings. The van der Waals surface area contributed by atoms with E-state index in [1.807, 2.05) is 6.07 Å². The Morgan fingerprint density at radius 3 is 2.36 bits per heavy atom. The number of amides is 3. The molecule has 0 bridgehead atoms. The van der Waals surface area contributed by atoms with Crippen LogP contribution in [0.2, 0.25) is 0 Å². The Balaban J connectivity index is 1.75. The van der Waals surface area contributed by atoms with Crippen LogP contribution in [0, 0.1) is 13.8 Å². The maximum absolute atomic E-state index is 12.2. The van der Waals surface area contributed by atoms with E-state index in [0.717, 1.165) is 29.7 Å². The van der Waals surface area contributed by atoms with Gasteiger partial charge in [0.2, 0.25) is 5.91 Å². The van der Waals surface area contributed by atoms with E-state index in [9.17, 15) is 9.59 Å². The van der Waals surface area contributed by atoms with Gasteiger partial charge < -0.3 is 19.9 Å². The first-order valence-corrected chi connectivity index (χ1v) is 8.84. The Bertz CT molecular complexity index is 588. The summed E-state index contributed by atoms with van der Waals surface area (Å²) in [5.41, 5.74) is 2.29. The number of aryl methyl sites for hydroxylation is 2. The number of carbonyl (C=O) groups excluding carboxylic acids is 2. The highest BCUT2D eigenvalue weighted by Gasteiger charge is 2.24. The van der Waals surface area contributed by atoms with Crippen LogP contribution in [0.25, 0.3) is 0 Å². The Kier molecular flexibility index (Phi) is 6.67. The third-order valence-corrected chi connectivity index (χ3v) is 4.54. The highest BCUT2D eigenvalue weighted by atomic mass is 16.5. The van der Waals surface area contributed by atoms with Gasteiger partial charge in [0.25, 0.3) is 0 Å². The van der Waals surface area contributed by atoms with Crippen molar-refractivity contribution >= 4 is 11.9 Å². The topological polar surface area (TPSA) is 61.9 Å². The van der Waals surface area contributed by atoms with Gasteiger partial charge in [-0.3, -0.25) is 4.79 Å². The van der Waals surface area contributed by atoms with Crippen molar-refractivity contribution in [2.45, 2.75) is 39.2 Å². The van der Waals surface area contributed by atoms with Crippen LogP contribution < -0.4 is 10.1 Å². The van der Waals surface area contributed by atoms with Gasteiger partial charge >= 0.3 is 6.03 Å². The summed E-state index contributed by atoms with van der Waals surface area (Å²) in [4.78, 5) is 27.0.